The van der Waals surface area contributed by atoms with Crippen molar-refractivity contribution >= 4 is 5.91 Å². The van der Waals surface area contributed by atoms with Gasteiger partial charge in [0, 0.05) is 23.7 Å². The van der Waals surface area contributed by atoms with Crippen LogP contribution in [0, 0.1) is 6.92 Å². The van der Waals surface area contributed by atoms with E-state index in [1.165, 1.54) is 0 Å². The SMILES string of the molecule is Cc1ccc(OCC(=O)NC(C)(C)C)c(CC(C)N)n1. The fourth-order valence-electron chi connectivity index (χ4n) is 1.78. The van der Waals surface area contributed by atoms with Crippen LogP contribution >= 0.6 is 0 Å². The molecule has 0 aliphatic carbocycles. The van der Waals surface area contributed by atoms with E-state index in [2.05, 4.69) is 10.3 Å². The van der Waals surface area contributed by atoms with Crippen LogP contribution in [0.4, 0.5) is 0 Å². The first kappa shape index (κ1) is 16.4. The van der Waals surface area contributed by atoms with Crippen molar-refractivity contribution in [3.8, 4) is 5.75 Å². The van der Waals surface area contributed by atoms with Crippen molar-refractivity contribution in [1.29, 1.82) is 0 Å². The van der Waals surface area contributed by atoms with Crippen molar-refractivity contribution in [2.45, 2.75) is 52.6 Å². The lowest BCUT2D eigenvalue weighted by Gasteiger charge is -2.21. The highest BCUT2D eigenvalue weighted by Gasteiger charge is 2.15. The number of aromatic nitrogens is 1. The molecule has 1 aromatic heterocycles. The molecule has 3 N–H and O–H groups in total. The third kappa shape index (κ3) is 6.02. The third-order valence-corrected chi connectivity index (χ3v) is 2.46. The monoisotopic (exact) mass is 279 g/mol. The van der Waals surface area contributed by atoms with Crippen LogP contribution in [0.5, 0.6) is 5.75 Å². The average molecular weight is 279 g/mol. The van der Waals surface area contributed by atoms with Crippen molar-refractivity contribution in [2.24, 2.45) is 5.73 Å². The van der Waals surface area contributed by atoms with E-state index in [1.54, 1.807) is 0 Å². The topological polar surface area (TPSA) is 77.2 Å². The summed E-state index contributed by atoms with van der Waals surface area (Å²) in [6.45, 7) is 9.61. The second-order valence-electron chi connectivity index (χ2n) is 6.17. The van der Waals surface area contributed by atoms with Crippen LogP contribution in [0.25, 0.3) is 0 Å². The number of carbonyl (C=O) groups is 1. The molecule has 0 bridgehead atoms. The Labute approximate surface area is 120 Å². The fourth-order valence-corrected chi connectivity index (χ4v) is 1.78. The molecule has 0 radical (unpaired) electrons. The van der Waals surface area contributed by atoms with Gasteiger partial charge in [-0.05, 0) is 46.8 Å². The first-order valence-corrected chi connectivity index (χ1v) is 6.83. The van der Waals surface area contributed by atoms with E-state index in [-0.39, 0.29) is 24.1 Å². The number of amides is 1. The Hall–Kier alpha value is -1.62. The smallest absolute Gasteiger partial charge is 0.258 e. The number of nitrogens with zero attached hydrogens (tertiary/aromatic N) is 1. The molecule has 5 nitrogen and oxygen atoms in total. The summed E-state index contributed by atoms with van der Waals surface area (Å²) >= 11 is 0. The van der Waals surface area contributed by atoms with Crippen LogP contribution in [0.15, 0.2) is 12.1 Å². The molecular formula is C15H25N3O2. The summed E-state index contributed by atoms with van der Waals surface area (Å²) in [6.07, 6.45) is 0.623. The number of pyridine rings is 1. The second-order valence-corrected chi connectivity index (χ2v) is 6.17. The Kier molecular flexibility index (Phi) is 5.51. The van der Waals surface area contributed by atoms with Gasteiger partial charge in [0.05, 0.1) is 5.69 Å². The van der Waals surface area contributed by atoms with E-state index in [9.17, 15) is 4.79 Å². The van der Waals surface area contributed by atoms with Gasteiger partial charge in [-0.15, -0.1) is 0 Å². The van der Waals surface area contributed by atoms with Crippen LogP contribution in [-0.2, 0) is 11.2 Å². The first-order valence-electron chi connectivity index (χ1n) is 6.83. The molecule has 1 atom stereocenters. The Morgan fingerprint density at radius 3 is 2.65 bits per heavy atom. The highest BCUT2D eigenvalue weighted by molar-refractivity contribution is 5.78. The van der Waals surface area contributed by atoms with Gasteiger partial charge in [-0.25, -0.2) is 0 Å². The fraction of sp³-hybridized carbons (Fsp3) is 0.600. The van der Waals surface area contributed by atoms with Crippen LogP contribution in [0.2, 0.25) is 0 Å². The first-order chi connectivity index (χ1) is 9.17. The zero-order valence-electron chi connectivity index (χ0n) is 13.0. The van der Waals surface area contributed by atoms with Gasteiger partial charge in [0.25, 0.3) is 5.91 Å². The molecule has 0 aromatic carbocycles. The molecule has 1 amide bonds. The van der Waals surface area contributed by atoms with Crippen molar-refractivity contribution in [2.75, 3.05) is 6.61 Å². The van der Waals surface area contributed by atoms with Crippen LogP contribution in [0.3, 0.4) is 0 Å². The minimum atomic E-state index is -0.263. The summed E-state index contributed by atoms with van der Waals surface area (Å²) in [4.78, 5) is 16.2. The summed E-state index contributed by atoms with van der Waals surface area (Å²) in [7, 11) is 0. The molecule has 1 aromatic rings. The van der Waals surface area contributed by atoms with Crippen molar-refractivity contribution in [3.63, 3.8) is 0 Å². The van der Waals surface area contributed by atoms with Crippen LogP contribution in [-0.4, -0.2) is 29.1 Å². The molecule has 1 heterocycles. The molecule has 1 unspecified atom stereocenters. The number of aryl methyl sites for hydroxylation is 1. The number of ether oxygens (including phenoxy) is 1. The quantitative estimate of drug-likeness (QED) is 0.857. The highest BCUT2D eigenvalue weighted by Crippen LogP contribution is 2.18. The van der Waals surface area contributed by atoms with Gasteiger partial charge in [0.15, 0.2) is 6.61 Å². The molecule has 0 saturated heterocycles. The van der Waals surface area contributed by atoms with E-state index in [1.807, 2.05) is 46.8 Å². The predicted octanol–water partition coefficient (Wildman–Crippen LogP) is 1.57. The van der Waals surface area contributed by atoms with E-state index in [0.717, 1.165) is 11.4 Å². The van der Waals surface area contributed by atoms with E-state index in [0.29, 0.717) is 12.2 Å². The summed E-state index contributed by atoms with van der Waals surface area (Å²) in [5.41, 5.74) is 7.25. The summed E-state index contributed by atoms with van der Waals surface area (Å²) in [5, 5.41) is 2.85. The Bertz CT molecular complexity index is 465. The number of hydrogen-bond acceptors (Lipinski definition) is 4. The Balaban J connectivity index is 2.70. The largest absolute Gasteiger partial charge is 0.482 e. The summed E-state index contributed by atoms with van der Waals surface area (Å²) in [6, 6.07) is 3.70. The van der Waals surface area contributed by atoms with Crippen molar-refractivity contribution in [3.05, 3.63) is 23.5 Å². The molecule has 20 heavy (non-hydrogen) atoms. The lowest BCUT2D eigenvalue weighted by molar-refractivity contribution is -0.124. The number of nitrogens with one attached hydrogen (secondary N) is 1. The normalized spacial score (nSPS) is 12.9. The molecule has 0 aliphatic rings. The molecule has 1 rings (SSSR count). The van der Waals surface area contributed by atoms with E-state index in [4.69, 9.17) is 10.5 Å². The molecule has 0 spiro atoms. The number of rotatable bonds is 5. The lowest BCUT2D eigenvalue weighted by Crippen LogP contribution is -2.43. The lowest BCUT2D eigenvalue weighted by atomic mass is 10.1. The maximum atomic E-state index is 11.8. The maximum Gasteiger partial charge on any atom is 0.258 e. The zero-order valence-corrected chi connectivity index (χ0v) is 13.0. The van der Waals surface area contributed by atoms with E-state index < -0.39 is 0 Å². The third-order valence-electron chi connectivity index (χ3n) is 2.46. The number of carbonyl (C=O) groups excluding carboxylic acids is 1. The molecule has 0 aliphatic heterocycles. The van der Waals surface area contributed by atoms with E-state index >= 15 is 0 Å². The predicted molar refractivity (Wildman–Crippen MR) is 79.7 cm³/mol. The van der Waals surface area contributed by atoms with Crippen LogP contribution < -0.4 is 15.8 Å². The molecule has 5 heteroatoms. The highest BCUT2D eigenvalue weighted by atomic mass is 16.5. The number of nitrogens with two attached hydrogens (primary N) is 1. The Morgan fingerprint density at radius 2 is 2.10 bits per heavy atom. The van der Waals surface area contributed by atoms with Gasteiger partial charge in [-0.1, -0.05) is 0 Å². The number of hydrogen-bond donors (Lipinski definition) is 2. The Morgan fingerprint density at radius 1 is 1.45 bits per heavy atom. The van der Waals surface area contributed by atoms with Crippen LogP contribution in [0.1, 0.15) is 39.1 Å². The van der Waals surface area contributed by atoms with Crippen molar-refractivity contribution in [1.82, 2.24) is 10.3 Å². The van der Waals surface area contributed by atoms with Gasteiger partial charge >= 0.3 is 0 Å². The summed E-state index contributed by atoms with van der Waals surface area (Å²) < 4.78 is 5.57. The van der Waals surface area contributed by atoms with Gasteiger partial charge in [-0.3, -0.25) is 9.78 Å². The summed E-state index contributed by atoms with van der Waals surface area (Å²) in [5.74, 6) is 0.474. The van der Waals surface area contributed by atoms with Gasteiger partial charge in [0.1, 0.15) is 5.75 Å². The van der Waals surface area contributed by atoms with Gasteiger partial charge in [-0.2, -0.15) is 0 Å². The minimum absolute atomic E-state index is 0.00458. The molecule has 112 valence electrons. The van der Waals surface area contributed by atoms with Gasteiger partial charge < -0.3 is 15.8 Å². The average Bonchev–Trinajstić information content (AvgIpc) is 2.24. The maximum absolute atomic E-state index is 11.8. The van der Waals surface area contributed by atoms with Gasteiger partial charge in [0.2, 0.25) is 0 Å². The second kappa shape index (κ2) is 6.70. The van der Waals surface area contributed by atoms with Crippen molar-refractivity contribution < 1.29 is 9.53 Å². The molecule has 0 fully saturated rings. The molecule has 0 saturated carbocycles. The minimum Gasteiger partial charge on any atom is -0.482 e. The standard InChI is InChI=1S/C15H25N3O2/c1-10(16)8-12-13(7-6-11(2)17-12)20-9-14(19)18-15(3,4)5/h6-7,10H,8-9,16H2,1-5H3,(H,18,19). The molecular weight excluding hydrogens is 254 g/mol. The zero-order chi connectivity index (χ0) is 15.3.